The lowest BCUT2D eigenvalue weighted by atomic mass is 10.2. The average Bonchev–Trinajstić information content (AvgIpc) is 2.94. The van der Waals surface area contributed by atoms with E-state index in [9.17, 15) is 19.2 Å². The lowest BCUT2D eigenvalue weighted by Crippen LogP contribution is -2.34. The predicted octanol–water partition coefficient (Wildman–Crippen LogP) is 0.0303. The molecule has 2 N–H and O–H groups in total. The number of methoxy groups -OCH3 is 1. The van der Waals surface area contributed by atoms with Crippen molar-refractivity contribution in [1.29, 1.82) is 0 Å². The average molecular weight is 369 g/mol. The molecule has 0 amide bonds. The van der Waals surface area contributed by atoms with E-state index < -0.39 is 42.0 Å². The molecule has 1 saturated heterocycles. The van der Waals surface area contributed by atoms with E-state index in [4.69, 9.17) is 19.9 Å². The van der Waals surface area contributed by atoms with Crippen molar-refractivity contribution in [1.82, 2.24) is 9.55 Å². The van der Waals surface area contributed by atoms with Crippen molar-refractivity contribution in [3.63, 3.8) is 0 Å². The van der Waals surface area contributed by atoms with Crippen LogP contribution < -0.4 is 11.4 Å². The number of rotatable bonds is 5. The molecule has 1 fully saturated rings. The summed E-state index contributed by atoms with van der Waals surface area (Å²) in [6.45, 7) is 2.31. The lowest BCUT2D eigenvalue weighted by Gasteiger charge is -2.21. The minimum absolute atomic E-state index is 0.0315. The molecule has 0 radical (unpaired) electrons. The maximum atomic E-state index is 12.2. The van der Waals surface area contributed by atoms with Crippen molar-refractivity contribution in [3.8, 4) is 0 Å². The first-order chi connectivity index (χ1) is 12.2. The second kappa shape index (κ2) is 7.95. The molecule has 1 aromatic heterocycles. The summed E-state index contributed by atoms with van der Waals surface area (Å²) >= 11 is 0. The second-order valence-corrected chi connectivity index (χ2v) is 5.58. The number of esters is 1. The molecule has 0 aliphatic carbocycles. The zero-order valence-corrected chi connectivity index (χ0v) is 14.5. The number of carbonyl (C=O) groups excluding carboxylic acids is 3. The molecule has 11 nitrogen and oxygen atoms in total. The Hall–Kier alpha value is -2.95. The summed E-state index contributed by atoms with van der Waals surface area (Å²) in [5, 5.41) is 0. The quantitative estimate of drug-likeness (QED) is 0.556. The van der Waals surface area contributed by atoms with E-state index in [0.717, 1.165) is 11.7 Å². The summed E-state index contributed by atoms with van der Waals surface area (Å²) in [7, 11) is 1.16. The summed E-state index contributed by atoms with van der Waals surface area (Å²) in [6, 6.07) is 0. The highest BCUT2D eigenvalue weighted by Gasteiger charge is 2.40. The summed E-state index contributed by atoms with van der Waals surface area (Å²) in [4.78, 5) is 49.9. The Labute approximate surface area is 148 Å². The van der Waals surface area contributed by atoms with Crippen LogP contribution in [0.25, 0.3) is 0 Å². The Kier molecular flexibility index (Phi) is 5.93. The third kappa shape index (κ3) is 4.36. The highest BCUT2D eigenvalue weighted by atomic mass is 16.7. The molecule has 2 heterocycles. The fourth-order valence-corrected chi connectivity index (χ4v) is 2.54. The van der Waals surface area contributed by atoms with Crippen molar-refractivity contribution >= 4 is 23.7 Å². The molecule has 1 aliphatic heterocycles. The third-order valence-electron chi connectivity index (χ3n) is 3.65. The normalized spacial score (nSPS) is 21.9. The zero-order chi connectivity index (χ0) is 19.4. The van der Waals surface area contributed by atoms with Crippen LogP contribution in [-0.4, -0.2) is 53.4 Å². The molecule has 3 atom stereocenters. The maximum absolute atomic E-state index is 12.2. The highest BCUT2D eigenvalue weighted by Crippen LogP contribution is 2.31. The number of anilines is 1. The fourth-order valence-electron chi connectivity index (χ4n) is 2.54. The first-order valence-electron chi connectivity index (χ1n) is 7.66. The number of nitrogens with zero attached hydrogens (tertiary/aromatic N) is 2. The van der Waals surface area contributed by atoms with Crippen LogP contribution in [0.1, 0.15) is 36.9 Å². The molecule has 1 aliphatic rings. The molecular weight excluding hydrogens is 350 g/mol. The minimum atomic E-state index is -1.05. The van der Waals surface area contributed by atoms with Gasteiger partial charge in [-0.3, -0.25) is 14.2 Å². The van der Waals surface area contributed by atoms with Crippen LogP contribution in [-0.2, 0) is 23.7 Å². The third-order valence-corrected chi connectivity index (χ3v) is 3.65. The van der Waals surface area contributed by atoms with Crippen molar-refractivity contribution in [3.05, 3.63) is 22.2 Å². The highest BCUT2D eigenvalue weighted by molar-refractivity contribution is 5.97. The van der Waals surface area contributed by atoms with Crippen LogP contribution in [0.3, 0.4) is 0 Å². The number of nitrogens with two attached hydrogens (primary N) is 1. The van der Waals surface area contributed by atoms with Crippen molar-refractivity contribution in [2.45, 2.75) is 38.7 Å². The molecule has 26 heavy (non-hydrogen) atoms. The van der Waals surface area contributed by atoms with Gasteiger partial charge in [0.2, 0.25) is 0 Å². The van der Waals surface area contributed by atoms with Crippen LogP contribution >= 0.6 is 0 Å². The van der Waals surface area contributed by atoms with Gasteiger partial charge in [0.1, 0.15) is 18.5 Å². The number of hydrogen-bond acceptors (Lipinski definition) is 10. The van der Waals surface area contributed by atoms with Gasteiger partial charge in [0.15, 0.2) is 12.0 Å². The van der Waals surface area contributed by atoms with E-state index in [0.29, 0.717) is 0 Å². The smallest absolute Gasteiger partial charge is 0.458 e. The van der Waals surface area contributed by atoms with Crippen LogP contribution in [0, 0.1) is 0 Å². The van der Waals surface area contributed by atoms with Crippen LogP contribution in [0.5, 0.6) is 0 Å². The summed E-state index contributed by atoms with van der Waals surface area (Å²) in [6.07, 6.45) is -2.09. The Bertz CT molecular complexity index is 775. The number of Topliss-reactive ketones (excluding diaryl/α,β-unsaturated/α-hetero) is 1. The molecule has 2 rings (SSSR count). The topological polar surface area (TPSA) is 149 Å². The van der Waals surface area contributed by atoms with E-state index in [-0.39, 0.29) is 24.4 Å². The van der Waals surface area contributed by atoms with Gasteiger partial charge in [0.05, 0.1) is 18.8 Å². The molecule has 0 unspecified atom stereocenters. The van der Waals surface area contributed by atoms with E-state index in [2.05, 4.69) is 9.72 Å². The van der Waals surface area contributed by atoms with Gasteiger partial charge in [-0.2, -0.15) is 4.98 Å². The van der Waals surface area contributed by atoms with Crippen molar-refractivity contribution < 1.29 is 33.3 Å². The monoisotopic (exact) mass is 369 g/mol. The van der Waals surface area contributed by atoms with Crippen molar-refractivity contribution in [2.75, 3.05) is 19.5 Å². The number of ether oxygens (including phenoxy) is 4. The largest absolute Gasteiger partial charge is 0.508 e. The molecule has 0 spiro atoms. The number of hydrogen-bond donors (Lipinski definition) is 1. The minimum Gasteiger partial charge on any atom is -0.458 e. The van der Waals surface area contributed by atoms with Crippen LogP contribution in [0.4, 0.5) is 10.6 Å². The first-order valence-corrected chi connectivity index (χ1v) is 7.66. The van der Waals surface area contributed by atoms with Gasteiger partial charge >= 0.3 is 17.8 Å². The van der Waals surface area contributed by atoms with E-state index in [1.54, 1.807) is 0 Å². The summed E-state index contributed by atoms with van der Waals surface area (Å²) in [5.41, 5.74) is 4.84. The second-order valence-electron chi connectivity index (χ2n) is 5.58. The zero-order valence-electron chi connectivity index (χ0n) is 14.5. The van der Waals surface area contributed by atoms with Gasteiger partial charge in [-0.1, -0.05) is 0 Å². The fraction of sp³-hybridized carbons (Fsp3) is 0.533. The maximum Gasteiger partial charge on any atom is 0.508 e. The van der Waals surface area contributed by atoms with Gasteiger partial charge in [-0.25, -0.2) is 9.59 Å². The van der Waals surface area contributed by atoms with Crippen molar-refractivity contribution in [2.24, 2.45) is 0 Å². The lowest BCUT2D eigenvalue weighted by molar-refractivity contribution is -0.152. The predicted molar refractivity (Wildman–Crippen MR) is 85.4 cm³/mol. The summed E-state index contributed by atoms with van der Waals surface area (Å²) < 4.78 is 21.1. The standard InChI is InChI=1S/C15H19N3O8/c1-7(19)10-5-18(14(21)17-12(10)16)13-11(25-8(2)20)4-9(26-13)6-24-15(22)23-3/h5,9,11,13H,4,6H2,1-3H3,(H2,16,17,21)/t9-,11+,13+/m0/s1. The Balaban J connectivity index is 2.30. The number of carbonyl (C=O) groups is 3. The molecule has 0 bridgehead atoms. The SMILES string of the molecule is COC(=O)OC[C@@H]1C[C@@H](OC(C)=O)[C@H](n2cc(C(C)=O)c(N)nc2=O)O1. The van der Waals surface area contributed by atoms with Crippen LogP contribution in [0.15, 0.2) is 11.0 Å². The molecular formula is C15H19N3O8. The molecule has 11 heteroatoms. The molecule has 0 aromatic carbocycles. The van der Waals surface area contributed by atoms with Gasteiger partial charge in [0, 0.05) is 19.5 Å². The Morgan fingerprint density at radius 1 is 1.38 bits per heavy atom. The van der Waals surface area contributed by atoms with E-state index in [1.807, 2.05) is 0 Å². The Morgan fingerprint density at radius 3 is 2.65 bits per heavy atom. The van der Waals surface area contributed by atoms with E-state index in [1.165, 1.54) is 20.0 Å². The number of nitrogen functional groups attached to an aromatic ring is 1. The summed E-state index contributed by atoms with van der Waals surface area (Å²) in [5.74, 6) is -1.18. The van der Waals surface area contributed by atoms with Gasteiger partial charge in [0.25, 0.3) is 0 Å². The van der Waals surface area contributed by atoms with Gasteiger partial charge in [-0.15, -0.1) is 0 Å². The van der Waals surface area contributed by atoms with Crippen LogP contribution in [0.2, 0.25) is 0 Å². The van der Waals surface area contributed by atoms with Gasteiger partial charge < -0.3 is 24.7 Å². The number of aromatic nitrogens is 2. The molecule has 0 saturated carbocycles. The first kappa shape index (κ1) is 19.4. The van der Waals surface area contributed by atoms with Gasteiger partial charge in [-0.05, 0) is 6.92 Å². The molecule has 142 valence electrons. The number of ketones is 1. The Morgan fingerprint density at radius 2 is 2.08 bits per heavy atom. The molecule has 1 aromatic rings. The van der Waals surface area contributed by atoms with E-state index >= 15 is 0 Å².